The molecule has 0 radical (unpaired) electrons. The Bertz CT molecular complexity index is 523. The average Bonchev–Trinajstić information content (AvgIpc) is 2.65. The molecule has 0 spiro atoms. The maximum Gasteiger partial charge on any atom is 0.170 e. The molecule has 0 saturated carbocycles. The Labute approximate surface area is 97.9 Å². The summed E-state index contributed by atoms with van der Waals surface area (Å²) in [4.78, 5) is 0. The Morgan fingerprint density at radius 1 is 1.44 bits per heavy atom. The average molecular weight is 239 g/mol. The van der Waals surface area contributed by atoms with E-state index in [-0.39, 0.29) is 0 Å². The van der Waals surface area contributed by atoms with Crippen molar-refractivity contribution in [3.8, 4) is 17.1 Å². The Hall–Kier alpha value is -1.68. The Kier molecular flexibility index (Phi) is 2.75. The van der Waals surface area contributed by atoms with Gasteiger partial charge in [-0.2, -0.15) is 0 Å². The molecule has 0 unspecified atom stereocenters. The molecule has 0 amide bonds. The highest BCUT2D eigenvalue weighted by Gasteiger charge is 2.14. The van der Waals surface area contributed by atoms with Crippen LogP contribution in [-0.4, -0.2) is 12.3 Å². The number of nitrogen functional groups attached to an aromatic ring is 1. The van der Waals surface area contributed by atoms with Crippen molar-refractivity contribution in [1.82, 2.24) is 5.16 Å². The fourth-order valence-electron chi connectivity index (χ4n) is 1.51. The summed E-state index contributed by atoms with van der Waals surface area (Å²) >= 11 is 6.20. The van der Waals surface area contributed by atoms with Gasteiger partial charge in [0.15, 0.2) is 11.6 Å². The fourth-order valence-corrected chi connectivity index (χ4v) is 1.89. The number of ether oxygens (including phenoxy) is 1. The number of hydrogen-bond acceptors (Lipinski definition) is 4. The van der Waals surface area contributed by atoms with E-state index in [4.69, 9.17) is 26.6 Å². The van der Waals surface area contributed by atoms with E-state index in [9.17, 15) is 0 Å². The first kappa shape index (κ1) is 10.8. The van der Waals surface area contributed by atoms with Crippen molar-refractivity contribution >= 4 is 17.4 Å². The van der Waals surface area contributed by atoms with Crippen molar-refractivity contribution in [3.63, 3.8) is 0 Å². The van der Waals surface area contributed by atoms with Crippen LogP contribution in [0.2, 0.25) is 5.02 Å². The normalized spacial score (nSPS) is 10.4. The topological polar surface area (TPSA) is 61.3 Å². The van der Waals surface area contributed by atoms with Crippen LogP contribution in [0.1, 0.15) is 5.56 Å². The van der Waals surface area contributed by atoms with E-state index in [1.54, 1.807) is 13.2 Å². The quantitative estimate of drug-likeness (QED) is 0.874. The summed E-state index contributed by atoms with van der Waals surface area (Å²) in [6, 6.07) is 5.37. The number of anilines is 1. The van der Waals surface area contributed by atoms with Gasteiger partial charge in [0, 0.05) is 11.6 Å². The van der Waals surface area contributed by atoms with Crippen LogP contribution < -0.4 is 10.5 Å². The molecule has 1 heterocycles. The van der Waals surface area contributed by atoms with Gasteiger partial charge in [0.2, 0.25) is 0 Å². The first-order valence-electron chi connectivity index (χ1n) is 4.69. The van der Waals surface area contributed by atoms with Crippen LogP contribution in [0.3, 0.4) is 0 Å². The third kappa shape index (κ3) is 1.72. The van der Waals surface area contributed by atoms with E-state index in [1.165, 1.54) is 0 Å². The molecule has 1 aromatic carbocycles. The second-order valence-electron chi connectivity index (χ2n) is 3.39. The van der Waals surface area contributed by atoms with Crippen molar-refractivity contribution in [2.75, 3.05) is 12.8 Å². The van der Waals surface area contributed by atoms with Crippen LogP contribution in [0.5, 0.6) is 5.75 Å². The summed E-state index contributed by atoms with van der Waals surface area (Å²) in [6.45, 7) is 1.92. The third-order valence-electron chi connectivity index (χ3n) is 2.29. The molecule has 2 aromatic rings. The van der Waals surface area contributed by atoms with Gasteiger partial charge in [0.25, 0.3) is 0 Å². The predicted octanol–water partition coefficient (Wildman–Crippen LogP) is 2.89. The molecule has 0 aliphatic rings. The summed E-state index contributed by atoms with van der Waals surface area (Å²) in [5.74, 6) is 1.49. The summed E-state index contributed by atoms with van der Waals surface area (Å²) in [7, 11) is 1.58. The first-order chi connectivity index (χ1) is 7.63. The molecular weight excluding hydrogens is 228 g/mol. The van der Waals surface area contributed by atoms with Crippen LogP contribution in [0, 0.1) is 6.92 Å². The summed E-state index contributed by atoms with van der Waals surface area (Å²) in [5.41, 5.74) is 7.17. The molecular formula is C11H11ClN2O2. The lowest BCUT2D eigenvalue weighted by Gasteiger charge is -2.09. The van der Waals surface area contributed by atoms with Gasteiger partial charge in [-0.1, -0.05) is 22.8 Å². The van der Waals surface area contributed by atoms with Crippen LogP contribution >= 0.6 is 11.6 Å². The molecule has 0 aliphatic heterocycles. The number of hydrogen-bond donors (Lipinski definition) is 1. The highest BCUT2D eigenvalue weighted by atomic mass is 35.5. The van der Waals surface area contributed by atoms with Gasteiger partial charge in [-0.15, -0.1) is 0 Å². The number of aryl methyl sites for hydroxylation is 1. The Balaban J connectivity index is 2.58. The number of nitrogens with zero attached hydrogens (tertiary/aromatic N) is 1. The zero-order valence-electron chi connectivity index (χ0n) is 8.95. The molecule has 2 rings (SSSR count). The predicted molar refractivity (Wildman–Crippen MR) is 62.7 cm³/mol. The molecule has 0 saturated heterocycles. The smallest absolute Gasteiger partial charge is 0.170 e. The molecule has 0 fully saturated rings. The molecule has 84 valence electrons. The van der Waals surface area contributed by atoms with Crippen molar-refractivity contribution in [2.45, 2.75) is 6.92 Å². The van der Waals surface area contributed by atoms with Crippen LogP contribution in [0.15, 0.2) is 22.7 Å². The van der Waals surface area contributed by atoms with Gasteiger partial charge in [-0.05, 0) is 18.6 Å². The van der Waals surface area contributed by atoms with E-state index < -0.39 is 0 Å². The minimum absolute atomic E-state index is 0.325. The van der Waals surface area contributed by atoms with Crippen molar-refractivity contribution in [3.05, 3.63) is 28.8 Å². The molecule has 1 aromatic heterocycles. The van der Waals surface area contributed by atoms with Crippen LogP contribution in [-0.2, 0) is 0 Å². The third-order valence-corrected chi connectivity index (χ3v) is 2.67. The second-order valence-corrected chi connectivity index (χ2v) is 3.77. The summed E-state index contributed by atoms with van der Waals surface area (Å²) in [5, 5.41) is 4.11. The maximum atomic E-state index is 6.20. The van der Waals surface area contributed by atoms with Gasteiger partial charge in [0.05, 0.1) is 12.1 Å². The second kappa shape index (κ2) is 4.06. The molecule has 4 nitrogen and oxygen atoms in total. The minimum Gasteiger partial charge on any atom is -0.495 e. The number of nitrogens with two attached hydrogens (primary N) is 1. The van der Waals surface area contributed by atoms with Gasteiger partial charge in [-0.3, -0.25) is 0 Å². The molecule has 2 N–H and O–H groups in total. The highest BCUT2D eigenvalue weighted by molar-refractivity contribution is 6.34. The lowest BCUT2D eigenvalue weighted by atomic mass is 10.1. The number of halogens is 1. The van der Waals surface area contributed by atoms with E-state index >= 15 is 0 Å². The van der Waals surface area contributed by atoms with E-state index in [0.29, 0.717) is 27.9 Å². The lowest BCUT2D eigenvalue weighted by Crippen LogP contribution is -1.90. The zero-order valence-corrected chi connectivity index (χ0v) is 9.71. The number of benzene rings is 1. The number of methoxy groups -OCH3 is 1. The summed E-state index contributed by atoms with van der Waals surface area (Å²) in [6.07, 6.45) is 0. The minimum atomic E-state index is 0.325. The van der Waals surface area contributed by atoms with Crippen LogP contribution in [0.25, 0.3) is 11.3 Å². The lowest BCUT2D eigenvalue weighted by molar-refractivity contribution is 0.411. The van der Waals surface area contributed by atoms with Crippen molar-refractivity contribution in [1.29, 1.82) is 0 Å². The van der Waals surface area contributed by atoms with Crippen molar-refractivity contribution < 1.29 is 9.26 Å². The maximum absolute atomic E-state index is 6.20. The largest absolute Gasteiger partial charge is 0.495 e. The van der Waals surface area contributed by atoms with E-state index in [1.807, 2.05) is 19.1 Å². The Morgan fingerprint density at radius 3 is 2.75 bits per heavy atom. The SMILES string of the molecule is COc1c(C)ccc(-c2cc(N)no2)c1Cl. The van der Waals surface area contributed by atoms with Crippen LogP contribution in [0.4, 0.5) is 5.82 Å². The van der Waals surface area contributed by atoms with Gasteiger partial charge < -0.3 is 15.0 Å². The summed E-state index contributed by atoms with van der Waals surface area (Å²) < 4.78 is 10.3. The zero-order chi connectivity index (χ0) is 11.7. The molecule has 5 heteroatoms. The van der Waals surface area contributed by atoms with E-state index in [2.05, 4.69) is 5.16 Å². The number of rotatable bonds is 2. The fraction of sp³-hybridized carbons (Fsp3) is 0.182. The van der Waals surface area contributed by atoms with Gasteiger partial charge in [0.1, 0.15) is 5.75 Å². The molecule has 16 heavy (non-hydrogen) atoms. The molecule has 0 atom stereocenters. The van der Waals surface area contributed by atoms with Crippen molar-refractivity contribution in [2.24, 2.45) is 0 Å². The number of aromatic nitrogens is 1. The van der Waals surface area contributed by atoms with Gasteiger partial charge >= 0.3 is 0 Å². The molecule has 0 bridgehead atoms. The van der Waals surface area contributed by atoms with E-state index in [0.717, 1.165) is 5.56 Å². The molecule has 0 aliphatic carbocycles. The Morgan fingerprint density at radius 2 is 2.19 bits per heavy atom. The first-order valence-corrected chi connectivity index (χ1v) is 5.07. The monoisotopic (exact) mass is 238 g/mol. The standard InChI is InChI=1S/C11H11ClN2O2/c1-6-3-4-7(10(12)11(6)15-2)8-5-9(13)14-16-8/h3-5H,1-2H3,(H2,13,14). The van der Waals surface area contributed by atoms with Gasteiger partial charge in [-0.25, -0.2) is 0 Å². The highest BCUT2D eigenvalue weighted by Crippen LogP contribution is 2.37.